The molecule has 3 heterocycles. The fourth-order valence-electron chi connectivity index (χ4n) is 3.76. The lowest BCUT2D eigenvalue weighted by molar-refractivity contribution is 0.0739. The summed E-state index contributed by atoms with van der Waals surface area (Å²) in [6.07, 6.45) is 9.40. The SMILES string of the molecule is CC(C)(O)c1ccc(-c2cnc3[nH]c(=O)n(CC4CCCCC4)c3n2)cn1. The summed E-state index contributed by atoms with van der Waals surface area (Å²) >= 11 is 0. The molecule has 3 aromatic heterocycles. The second kappa shape index (κ2) is 6.88. The van der Waals surface area contributed by atoms with E-state index in [1.807, 2.05) is 6.07 Å². The van der Waals surface area contributed by atoms with Crippen LogP contribution in [-0.2, 0) is 12.1 Å². The number of nitrogens with one attached hydrogen (secondary N) is 1. The number of nitrogens with zero attached hydrogens (tertiary/aromatic N) is 4. The molecule has 7 nitrogen and oxygen atoms in total. The van der Waals surface area contributed by atoms with Crippen molar-refractivity contribution in [3.8, 4) is 11.3 Å². The fourth-order valence-corrected chi connectivity index (χ4v) is 3.76. The summed E-state index contributed by atoms with van der Waals surface area (Å²) in [5.41, 5.74) is 2.02. The van der Waals surface area contributed by atoms with Crippen molar-refractivity contribution in [2.45, 2.75) is 58.1 Å². The first-order chi connectivity index (χ1) is 12.9. The van der Waals surface area contributed by atoms with Crippen LogP contribution in [-0.4, -0.2) is 29.6 Å². The Bertz CT molecular complexity index is 992. The molecule has 0 unspecified atom stereocenters. The van der Waals surface area contributed by atoms with E-state index in [9.17, 15) is 9.90 Å². The maximum absolute atomic E-state index is 12.4. The Balaban J connectivity index is 1.68. The zero-order valence-electron chi connectivity index (χ0n) is 15.8. The van der Waals surface area contributed by atoms with Gasteiger partial charge in [-0.1, -0.05) is 19.3 Å². The number of hydrogen-bond acceptors (Lipinski definition) is 5. The van der Waals surface area contributed by atoms with Crippen molar-refractivity contribution in [3.63, 3.8) is 0 Å². The monoisotopic (exact) mass is 367 g/mol. The quantitative estimate of drug-likeness (QED) is 0.739. The number of aliphatic hydroxyl groups is 1. The molecule has 0 atom stereocenters. The van der Waals surface area contributed by atoms with Gasteiger partial charge in [-0.2, -0.15) is 0 Å². The Hall–Kier alpha value is -2.54. The van der Waals surface area contributed by atoms with Gasteiger partial charge in [0.15, 0.2) is 11.3 Å². The Kier molecular flexibility index (Phi) is 4.55. The molecule has 1 aliphatic rings. The average molecular weight is 367 g/mol. The van der Waals surface area contributed by atoms with Crippen molar-refractivity contribution in [2.75, 3.05) is 0 Å². The average Bonchev–Trinajstić information content (AvgIpc) is 2.97. The van der Waals surface area contributed by atoms with Gasteiger partial charge >= 0.3 is 5.69 Å². The summed E-state index contributed by atoms with van der Waals surface area (Å²) in [6, 6.07) is 3.65. The van der Waals surface area contributed by atoms with E-state index >= 15 is 0 Å². The summed E-state index contributed by atoms with van der Waals surface area (Å²) in [5, 5.41) is 10.1. The maximum Gasteiger partial charge on any atom is 0.328 e. The standard InChI is InChI=1S/C20H25N5O2/c1-20(2,27)16-9-8-14(10-21-16)15-11-22-17-18(23-15)25(19(26)24-17)12-13-6-4-3-5-7-13/h8-11,13,27H,3-7,12H2,1-2H3,(H,22,24,26). The van der Waals surface area contributed by atoms with Crippen LogP contribution in [0, 0.1) is 5.92 Å². The highest BCUT2D eigenvalue weighted by Gasteiger charge is 2.19. The van der Waals surface area contributed by atoms with Crippen molar-refractivity contribution < 1.29 is 5.11 Å². The van der Waals surface area contributed by atoms with Crippen LogP contribution < -0.4 is 5.69 Å². The molecule has 27 heavy (non-hydrogen) atoms. The van der Waals surface area contributed by atoms with E-state index in [4.69, 9.17) is 4.98 Å². The van der Waals surface area contributed by atoms with Gasteiger partial charge in [-0.15, -0.1) is 0 Å². The molecule has 142 valence electrons. The van der Waals surface area contributed by atoms with Crippen LogP contribution in [0.3, 0.4) is 0 Å². The number of fused-ring (bicyclic) bond motifs is 1. The lowest BCUT2D eigenvalue weighted by atomic mass is 9.89. The molecule has 1 fully saturated rings. The highest BCUT2D eigenvalue weighted by Crippen LogP contribution is 2.26. The van der Waals surface area contributed by atoms with Crippen LogP contribution in [0.15, 0.2) is 29.3 Å². The van der Waals surface area contributed by atoms with Crippen LogP contribution in [0.25, 0.3) is 22.6 Å². The summed E-state index contributed by atoms with van der Waals surface area (Å²) in [5.74, 6) is 0.522. The molecule has 0 saturated heterocycles. The molecular weight excluding hydrogens is 342 g/mol. The maximum atomic E-state index is 12.4. The Morgan fingerprint density at radius 2 is 1.96 bits per heavy atom. The lowest BCUT2D eigenvalue weighted by Crippen LogP contribution is -2.23. The third-order valence-electron chi connectivity index (χ3n) is 5.33. The third-order valence-corrected chi connectivity index (χ3v) is 5.33. The second-order valence-electron chi connectivity index (χ2n) is 7.96. The number of rotatable bonds is 4. The predicted molar refractivity (Wildman–Crippen MR) is 103 cm³/mol. The number of imidazole rings is 1. The van der Waals surface area contributed by atoms with Crippen molar-refractivity contribution >= 4 is 11.3 Å². The molecule has 7 heteroatoms. The Labute approximate surface area is 157 Å². The molecule has 0 aromatic carbocycles. The molecule has 0 spiro atoms. The van der Waals surface area contributed by atoms with Crippen molar-refractivity contribution in [1.82, 2.24) is 24.5 Å². The Morgan fingerprint density at radius 3 is 2.63 bits per heavy atom. The zero-order chi connectivity index (χ0) is 19.0. The number of aromatic nitrogens is 5. The highest BCUT2D eigenvalue weighted by atomic mass is 16.3. The first-order valence-corrected chi connectivity index (χ1v) is 9.56. The molecule has 0 aliphatic heterocycles. The molecule has 1 aliphatic carbocycles. The lowest BCUT2D eigenvalue weighted by Gasteiger charge is -2.21. The minimum atomic E-state index is -0.991. The molecule has 1 saturated carbocycles. The van der Waals surface area contributed by atoms with E-state index in [2.05, 4.69) is 15.0 Å². The molecule has 0 radical (unpaired) electrons. The molecular formula is C20H25N5O2. The molecule has 3 aromatic rings. The summed E-state index contributed by atoms with van der Waals surface area (Å²) in [6.45, 7) is 4.09. The van der Waals surface area contributed by atoms with E-state index in [1.54, 1.807) is 36.9 Å². The smallest absolute Gasteiger partial charge is 0.328 e. The number of H-pyrrole nitrogens is 1. The highest BCUT2D eigenvalue weighted by molar-refractivity contribution is 5.70. The first-order valence-electron chi connectivity index (χ1n) is 9.56. The third kappa shape index (κ3) is 3.64. The molecule has 2 N–H and O–H groups in total. The van der Waals surface area contributed by atoms with Gasteiger partial charge in [-0.25, -0.2) is 14.8 Å². The zero-order valence-corrected chi connectivity index (χ0v) is 15.8. The van der Waals surface area contributed by atoms with Crippen LogP contribution >= 0.6 is 0 Å². The van der Waals surface area contributed by atoms with Crippen LogP contribution in [0.2, 0.25) is 0 Å². The van der Waals surface area contributed by atoms with Gasteiger partial charge in [0.05, 0.1) is 17.6 Å². The van der Waals surface area contributed by atoms with Crippen molar-refractivity contribution in [1.29, 1.82) is 0 Å². The van der Waals surface area contributed by atoms with Crippen molar-refractivity contribution in [3.05, 3.63) is 40.7 Å². The minimum absolute atomic E-state index is 0.150. The summed E-state index contributed by atoms with van der Waals surface area (Å²) in [4.78, 5) is 28.6. The normalized spacial score (nSPS) is 16.1. The van der Waals surface area contributed by atoms with Crippen LogP contribution in [0.5, 0.6) is 0 Å². The summed E-state index contributed by atoms with van der Waals surface area (Å²) in [7, 11) is 0. The van der Waals surface area contributed by atoms with Crippen molar-refractivity contribution in [2.24, 2.45) is 5.92 Å². The number of hydrogen-bond donors (Lipinski definition) is 2. The van der Waals surface area contributed by atoms with Gasteiger partial charge in [0, 0.05) is 18.3 Å². The molecule has 4 rings (SSSR count). The molecule has 0 amide bonds. The predicted octanol–water partition coefficient (Wildman–Crippen LogP) is 2.99. The van der Waals surface area contributed by atoms with Gasteiger partial charge in [0.2, 0.25) is 0 Å². The van der Waals surface area contributed by atoms with Gasteiger partial charge in [0.1, 0.15) is 5.60 Å². The van der Waals surface area contributed by atoms with Gasteiger partial charge in [-0.05, 0) is 44.7 Å². The van der Waals surface area contributed by atoms with Gasteiger partial charge < -0.3 is 5.11 Å². The van der Waals surface area contributed by atoms with Crippen LogP contribution in [0.1, 0.15) is 51.6 Å². The van der Waals surface area contributed by atoms with E-state index in [-0.39, 0.29) is 5.69 Å². The van der Waals surface area contributed by atoms with Gasteiger partial charge in [-0.3, -0.25) is 14.5 Å². The largest absolute Gasteiger partial charge is 0.384 e. The van der Waals surface area contributed by atoms with E-state index in [0.717, 1.165) is 18.4 Å². The summed E-state index contributed by atoms with van der Waals surface area (Å²) < 4.78 is 1.72. The van der Waals surface area contributed by atoms with E-state index in [0.29, 0.717) is 35.1 Å². The Morgan fingerprint density at radius 1 is 1.19 bits per heavy atom. The fraction of sp³-hybridized carbons (Fsp3) is 0.500. The van der Waals surface area contributed by atoms with Gasteiger partial charge in [0.25, 0.3) is 0 Å². The topological polar surface area (TPSA) is 96.7 Å². The number of aromatic amines is 1. The number of pyridine rings is 1. The minimum Gasteiger partial charge on any atom is -0.384 e. The van der Waals surface area contributed by atoms with E-state index in [1.165, 1.54) is 19.3 Å². The second-order valence-corrected chi connectivity index (χ2v) is 7.96. The van der Waals surface area contributed by atoms with Crippen LogP contribution in [0.4, 0.5) is 0 Å². The van der Waals surface area contributed by atoms with E-state index < -0.39 is 5.60 Å². The first kappa shape index (κ1) is 17.9. The molecule has 0 bridgehead atoms.